The summed E-state index contributed by atoms with van der Waals surface area (Å²) in [5, 5.41) is 8.95. The molecule has 2 fully saturated rings. The van der Waals surface area contributed by atoms with Gasteiger partial charge in [-0.1, -0.05) is 12.7 Å². The number of hydrogen-bond donors (Lipinski definition) is 1. The Morgan fingerprint density at radius 3 is 3.09 bits per heavy atom. The van der Waals surface area contributed by atoms with Crippen molar-refractivity contribution in [1.82, 2.24) is 0 Å². The van der Waals surface area contributed by atoms with Crippen LogP contribution in [0.5, 0.6) is 0 Å². The topological polar surface area (TPSA) is 55.8 Å². The van der Waals surface area contributed by atoms with E-state index in [1.54, 1.807) is 0 Å². The number of carboxylic acids is 1. The lowest BCUT2D eigenvalue weighted by Crippen LogP contribution is -2.36. The van der Waals surface area contributed by atoms with Crippen LogP contribution in [-0.2, 0) is 14.3 Å². The number of hydrogen-bond acceptors (Lipinski definition) is 3. The van der Waals surface area contributed by atoms with Gasteiger partial charge in [0.2, 0.25) is 0 Å². The number of carboxylic acid groups (broad SMARTS) is 1. The molecular formula is C18H26O4. The van der Waals surface area contributed by atoms with Crippen LogP contribution in [0.2, 0.25) is 0 Å². The summed E-state index contributed by atoms with van der Waals surface area (Å²) in [6.45, 7) is 6.12. The molecule has 0 spiro atoms. The standard InChI is InChI=1S/C18H26O4/c1-3-21-16(8-7-12(2)17(19)20)22-18-10-9-13(11-18)14-5-4-6-15(14)18/h6,13-14,16H,2-5,7-11H2,1H3,(H,19,20). The van der Waals surface area contributed by atoms with E-state index in [0.29, 0.717) is 19.4 Å². The van der Waals surface area contributed by atoms with Crippen LogP contribution in [0.1, 0.15) is 51.9 Å². The summed E-state index contributed by atoms with van der Waals surface area (Å²) in [5.41, 5.74) is 1.60. The van der Waals surface area contributed by atoms with E-state index in [4.69, 9.17) is 14.6 Å². The third-order valence-corrected chi connectivity index (χ3v) is 5.54. The van der Waals surface area contributed by atoms with E-state index in [2.05, 4.69) is 12.7 Å². The molecular weight excluding hydrogens is 280 g/mol. The molecule has 0 saturated heterocycles. The fourth-order valence-corrected chi connectivity index (χ4v) is 4.58. The van der Waals surface area contributed by atoms with Gasteiger partial charge < -0.3 is 14.6 Å². The molecule has 3 rings (SSSR count). The average Bonchev–Trinajstić information content (AvgIpc) is 3.16. The lowest BCUT2D eigenvalue weighted by Gasteiger charge is -2.35. The normalized spacial score (nSPS) is 33.6. The van der Waals surface area contributed by atoms with Gasteiger partial charge in [0, 0.05) is 18.6 Å². The Bertz CT molecular complexity index is 495. The molecule has 0 aromatic heterocycles. The van der Waals surface area contributed by atoms with Crippen LogP contribution < -0.4 is 0 Å². The third kappa shape index (κ3) is 2.74. The molecule has 0 heterocycles. The second-order valence-corrected chi connectivity index (χ2v) is 6.79. The number of ether oxygens (including phenoxy) is 2. The van der Waals surface area contributed by atoms with Crippen molar-refractivity contribution in [2.75, 3.05) is 6.61 Å². The van der Waals surface area contributed by atoms with E-state index >= 15 is 0 Å². The van der Waals surface area contributed by atoms with Crippen LogP contribution in [0.15, 0.2) is 23.8 Å². The Kier molecular flexibility index (Phi) is 4.42. The van der Waals surface area contributed by atoms with Crippen molar-refractivity contribution in [3.05, 3.63) is 23.8 Å². The molecule has 22 heavy (non-hydrogen) atoms. The first-order valence-electron chi connectivity index (χ1n) is 8.47. The maximum absolute atomic E-state index is 10.9. The van der Waals surface area contributed by atoms with Gasteiger partial charge in [0.25, 0.3) is 0 Å². The SMILES string of the molecule is C=C(CCC(OCC)OC12CCC(C1)C1CCC=C12)C(=O)O. The summed E-state index contributed by atoms with van der Waals surface area (Å²) in [5.74, 6) is 0.573. The zero-order valence-corrected chi connectivity index (χ0v) is 13.3. The summed E-state index contributed by atoms with van der Waals surface area (Å²) >= 11 is 0. The maximum atomic E-state index is 10.9. The summed E-state index contributed by atoms with van der Waals surface area (Å²) < 4.78 is 12.2. The lowest BCUT2D eigenvalue weighted by molar-refractivity contribution is -0.196. The predicted octanol–water partition coefficient (Wildman–Crippen LogP) is 3.68. The summed E-state index contributed by atoms with van der Waals surface area (Å²) in [6.07, 6.45) is 8.92. The number of rotatable bonds is 8. The van der Waals surface area contributed by atoms with Crippen molar-refractivity contribution in [3.63, 3.8) is 0 Å². The van der Waals surface area contributed by atoms with Gasteiger partial charge in [-0.2, -0.15) is 0 Å². The molecule has 3 aliphatic rings. The van der Waals surface area contributed by atoms with Crippen molar-refractivity contribution >= 4 is 5.97 Å². The Morgan fingerprint density at radius 1 is 1.55 bits per heavy atom. The molecule has 0 aromatic rings. The highest BCUT2D eigenvalue weighted by Crippen LogP contribution is 2.60. The van der Waals surface area contributed by atoms with Crippen molar-refractivity contribution in [2.45, 2.75) is 63.8 Å². The molecule has 0 amide bonds. The van der Waals surface area contributed by atoms with E-state index in [0.717, 1.165) is 24.7 Å². The number of fused-ring (bicyclic) bond motifs is 5. The molecule has 122 valence electrons. The summed E-state index contributed by atoms with van der Waals surface area (Å²) in [4.78, 5) is 10.9. The Morgan fingerprint density at radius 2 is 2.36 bits per heavy atom. The van der Waals surface area contributed by atoms with E-state index in [-0.39, 0.29) is 17.5 Å². The van der Waals surface area contributed by atoms with Gasteiger partial charge in [-0.25, -0.2) is 4.79 Å². The molecule has 4 unspecified atom stereocenters. The molecule has 4 heteroatoms. The quantitative estimate of drug-likeness (QED) is 0.422. The molecule has 2 bridgehead atoms. The lowest BCUT2D eigenvalue weighted by atomic mass is 9.84. The first-order valence-corrected chi connectivity index (χ1v) is 8.47. The minimum atomic E-state index is -0.936. The van der Waals surface area contributed by atoms with Gasteiger partial charge in [-0.3, -0.25) is 0 Å². The van der Waals surface area contributed by atoms with E-state index in [1.165, 1.54) is 24.8 Å². The molecule has 3 aliphatic carbocycles. The Balaban J connectivity index is 1.66. The minimum Gasteiger partial charge on any atom is -0.478 e. The predicted molar refractivity (Wildman–Crippen MR) is 83.4 cm³/mol. The first kappa shape index (κ1) is 15.8. The molecule has 4 atom stereocenters. The molecule has 2 saturated carbocycles. The van der Waals surface area contributed by atoms with Crippen LogP contribution in [0.4, 0.5) is 0 Å². The second kappa shape index (κ2) is 6.17. The number of allylic oxidation sites excluding steroid dienone is 1. The molecule has 0 aromatic carbocycles. The van der Waals surface area contributed by atoms with Crippen molar-refractivity contribution in [1.29, 1.82) is 0 Å². The maximum Gasteiger partial charge on any atom is 0.330 e. The third-order valence-electron chi connectivity index (χ3n) is 5.54. The largest absolute Gasteiger partial charge is 0.478 e. The summed E-state index contributed by atoms with van der Waals surface area (Å²) in [7, 11) is 0. The van der Waals surface area contributed by atoms with Crippen LogP contribution in [0, 0.1) is 11.8 Å². The van der Waals surface area contributed by atoms with Crippen LogP contribution >= 0.6 is 0 Å². The van der Waals surface area contributed by atoms with Crippen LogP contribution in [0.25, 0.3) is 0 Å². The fraction of sp³-hybridized carbons (Fsp3) is 0.722. The van der Waals surface area contributed by atoms with Crippen LogP contribution in [-0.4, -0.2) is 29.6 Å². The van der Waals surface area contributed by atoms with Gasteiger partial charge in [-0.05, 0) is 62.9 Å². The van der Waals surface area contributed by atoms with Gasteiger partial charge in [-0.15, -0.1) is 0 Å². The molecule has 1 N–H and O–H groups in total. The minimum absolute atomic E-state index is 0.129. The molecule has 0 aliphatic heterocycles. The highest BCUT2D eigenvalue weighted by atomic mass is 16.7. The van der Waals surface area contributed by atoms with E-state index in [9.17, 15) is 4.79 Å². The molecule has 0 radical (unpaired) electrons. The summed E-state index contributed by atoms with van der Waals surface area (Å²) in [6, 6.07) is 0. The monoisotopic (exact) mass is 306 g/mol. The smallest absolute Gasteiger partial charge is 0.330 e. The number of carbonyl (C=O) groups is 1. The van der Waals surface area contributed by atoms with Crippen molar-refractivity contribution in [2.24, 2.45) is 11.8 Å². The zero-order chi connectivity index (χ0) is 15.7. The van der Waals surface area contributed by atoms with Crippen molar-refractivity contribution < 1.29 is 19.4 Å². The van der Waals surface area contributed by atoms with E-state index in [1.807, 2.05) is 6.92 Å². The highest BCUT2D eigenvalue weighted by molar-refractivity contribution is 5.85. The van der Waals surface area contributed by atoms with Crippen molar-refractivity contribution in [3.8, 4) is 0 Å². The van der Waals surface area contributed by atoms with Crippen LogP contribution in [0.3, 0.4) is 0 Å². The first-order chi connectivity index (χ1) is 10.6. The molecule has 4 nitrogen and oxygen atoms in total. The highest BCUT2D eigenvalue weighted by Gasteiger charge is 2.56. The van der Waals surface area contributed by atoms with Gasteiger partial charge in [0.15, 0.2) is 6.29 Å². The average molecular weight is 306 g/mol. The van der Waals surface area contributed by atoms with E-state index < -0.39 is 5.97 Å². The Hall–Kier alpha value is -1.13. The Labute approximate surface area is 132 Å². The second-order valence-electron chi connectivity index (χ2n) is 6.79. The zero-order valence-electron chi connectivity index (χ0n) is 13.3. The van der Waals surface area contributed by atoms with Gasteiger partial charge in [0.1, 0.15) is 0 Å². The number of aliphatic carboxylic acids is 1. The fourth-order valence-electron chi connectivity index (χ4n) is 4.58. The van der Waals surface area contributed by atoms with Gasteiger partial charge in [0.05, 0.1) is 5.60 Å². The van der Waals surface area contributed by atoms with Gasteiger partial charge >= 0.3 is 5.97 Å².